The fourth-order valence-electron chi connectivity index (χ4n) is 3.22. The predicted molar refractivity (Wildman–Crippen MR) is 137 cm³/mol. The van der Waals surface area contributed by atoms with Crippen LogP contribution in [0, 0.1) is 11.3 Å². The quantitative estimate of drug-likeness (QED) is 0.194. The summed E-state index contributed by atoms with van der Waals surface area (Å²) in [4.78, 5) is 8.57. The van der Waals surface area contributed by atoms with Gasteiger partial charge in [0.05, 0.1) is 22.2 Å². The standard InChI is InChI=1S/C23H18Cl2N4O2S2/c1-32-29-23-27-6-4-16(28-23)12-31-17-2-3-18-19(13-33-21(18)10-17)14-8-15(11-26)22(20(25)9-14)30-7-5-24/h2-4,6,8-10,13H,5,7,12H2,1H3,(H,27,28,29). The van der Waals surface area contributed by atoms with Crippen LogP contribution in [0.4, 0.5) is 5.95 Å². The molecule has 0 aliphatic heterocycles. The highest BCUT2D eigenvalue weighted by molar-refractivity contribution is 7.99. The molecule has 168 valence electrons. The molecule has 0 saturated carbocycles. The van der Waals surface area contributed by atoms with Crippen molar-refractivity contribution in [3.63, 3.8) is 0 Å². The van der Waals surface area contributed by atoms with Gasteiger partial charge in [0.25, 0.3) is 0 Å². The molecule has 10 heteroatoms. The Morgan fingerprint density at radius 2 is 2.09 bits per heavy atom. The van der Waals surface area contributed by atoms with Crippen LogP contribution >= 0.6 is 46.5 Å². The Hall–Kier alpha value is -2.70. The summed E-state index contributed by atoms with van der Waals surface area (Å²) >= 11 is 15.1. The number of hydrogen-bond acceptors (Lipinski definition) is 8. The van der Waals surface area contributed by atoms with Gasteiger partial charge < -0.3 is 9.47 Å². The van der Waals surface area contributed by atoms with Crippen molar-refractivity contribution in [1.82, 2.24) is 9.97 Å². The predicted octanol–water partition coefficient (Wildman–Crippen LogP) is 6.77. The van der Waals surface area contributed by atoms with E-state index in [9.17, 15) is 5.26 Å². The number of thiophene rings is 1. The average molecular weight is 517 g/mol. The maximum atomic E-state index is 9.56. The van der Waals surface area contributed by atoms with Gasteiger partial charge in [-0.3, -0.25) is 4.72 Å². The first-order chi connectivity index (χ1) is 16.1. The van der Waals surface area contributed by atoms with Crippen molar-refractivity contribution in [3.8, 4) is 28.7 Å². The van der Waals surface area contributed by atoms with Gasteiger partial charge in [0.1, 0.15) is 25.0 Å². The van der Waals surface area contributed by atoms with E-state index < -0.39 is 0 Å². The molecule has 0 aliphatic carbocycles. The van der Waals surface area contributed by atoms with Crippen molar-refractivity contribution < 1.29 is 9.47 Å². The summed E-state index contributed by atoms with van der Waals surface area (Å²) in [6.45, 7) is 0.615. The maximum Gasteiger partial charge on any atom is 0.233 e. The first-order valence-electron chi connectivity index (χ1n) is 9.80. The summed E-state index contributed by atoms with van der Waals surface area (Å²) < 4.78 is 15.6. The number of nitrogens with zero attached hydrogens (tertiary/aromatic N) is 3. The molecule has 4 rings (SSSR count). The molecule has 0 bridgehead atoms. The molecule has 0 radical (unpaired) electrons. The molecule has 0 fully saturated rings. The van der Waals surface area contributed by atoms with E-state index in [1.165, 1.54) is 11.9 Å². The first kappa shape index (κ1) is 23.5. The Balaban J connectivity index is 1.57. The van der Waals surface area contributed by atoms with E-state index in [4.69, 9.17) is 32.7 Å². The third kappa shape index (κ3) is 5.45. The minimum Gasteiger partial charge on any atom is -0.489 e. The van der Waals surface area contributed by atoms with Crippen LogP contribution in [0.1, 0.15) is 11.3 Å². The zero-order valence-electron chi connectivity index (χ0n) is 17.5. The summed E-state index contributed by atoms with van der Waals surface area (Å²) in [5, 5.41) is 13.0. The third-order valence-electron chi connectivity index (χ3n) is 4.64. The molecule has 2 heterocycles. The molecule has 0 atom stereocenters. The lowest BCUT2D eigenvalue weighted by Gasteiger charge is -2.11. The summed E-state index contributed by atoms with van der Waals surface area (Å²) in [6, 6.07) is 13.5. The van der Waals surface area contributed by atoms with Crippen molar-refractivity contribution in [2.75, 3.05) is 23.5 Å². The van der Waals surface area contributed by atoms with Gasteiger partial charge in [-0.2, -0.15) is 5.26 Å². The van der Waals surface area contributed by atoms with E-state index in [1.54, 1.807) is 23.6 Å². The second-order valence-electron chi connectivity index (χ2n) is 6.76. The molecule has 1 N–H and O–H groups in total. The number of anilines is 1. The molecule has 0 spiro atoms. The van der Waals surface area contributed by atoms with Crippen molar-refractivity contribution in [3.05, 3.63) is 64.3 Å². The van der Waals surface area contributed by atoms with E-state index in [1.807, 2.05) is 42.0 Å². The number of nitrogens with one attached hydrogen (secondary N) is 1. The number of hydrogen-bond donors (Lipinski definition) is 1. The van der Waals surface area contributed by atoms with Crippen LogP contribution in [0.15, 0.2) is 48.0 Å². The van der Waals surface area contributed by atoms with E-state index in [-0.39, 0.29) is 6.61 Å². The second-order valence-corrected chi connectivity index (χ2v) is 9.07. The summed E-state index contributed by atoms with van der Waals surface area (Å²) in [7, 11) is 0. The number of halogens is 2. The molecule has 0 unspecified atom stereocenters. The van der Waals surface area contributed by atoms with Crippen molar-refractivity contribution in [1.29, 1.82) is 5.26 Å². The molecular weight excluding hydrogens is 499 g/mol. The molecule has 0 aliphatic rings. The number of nitriles is 1. The van der Waals surface area contributed by atoms with E-state index in [0.29, 0.717) is 34.8 Å². The van der Waals surface area contributed by atoms with Crippen molar-refractivity contribution in [2.24, 2.45) is 0 Å². The van der Waals surface area contributed by atoms with Gasteiger partial charge >= 0.3 is 0 Å². The molecule has 2 aromatic carbocycles. The van der Waals surface area contributed by atoms with Crippen LogP contribution in [0.2, 0.25) is 5.02 Å². The molecule has 2 aromatic heterocycles. The Bertz CT molecular complexity index is 1320. The van der Waals surface area contributed by atoms with Crippen LogP contribution in [0.25, 0.3) is 21.2 Å². The Morgan fingerprint density at radius 1 is 1.21 bits per heavy atom. The van der Waals surface area contributed by atoms with Gasteiger partial charge in [-0.15, -0.1) is 22.9 Å². The fraction of sp³-hybridized carbons (Fsp3) is 0.174. The SMILES string of the molecule is CSNc1nccc(COc2ccc3c(-c4cc(Cl)c(OCCCl)c(C#N)c4)csc3c2)n1. The highest BCUT2D eigenvalue weighted by Gasteiger charge is 2.15. The summed E-state index contributed by atoms with van der Waals surface area (Å²) in [6.07, 6.45) is 3.61. The van der Waals surface area contributed by atoms with Gasteiger partial charge in [-0.25, -0.2) is 9.97 Å². The van der Waals surface area contributed by atoms with Gasteiger partial charge in [0.15, 0.2) is 5.75 Å². The summed E-state index contributed by atoms with van der Waals surface area (Å²) in [5.74, 6) is 1.97. The van der Waals surface area contributed by atoms with Crippen LogP contribution in [-0.2, 0) is 6.61 Å². The van der Waals surface area contributed by atoms with Crippen molar-refractivity contribution >= 4 is 62.5 Å². The average Bonchev–Trinajstić information content (AvgIpc) is 3.25. The van der Waals surface area contributed by atoms with Crippen LogP contribution in [-0.4, -0.2) is 28.7 Å². The zero-order valence-corrected chi connectivity index (χ0v) is 20.6. The molecule has 6 nitrogen and oxygen atoms in total. The maximum absolute atomic E-state index is 9.56. The smallest absolute Gasteiger partial charge is 0.233 e. The number of aromatic nitrogens is 2. The van der Waals surface area contributed by atoms with E-state index in [0.717, 1.165) is 32.7 Å². The molecule has 4 aromatic rings. The van der Waals surface area contributed by atoms with Gasteiger partial charge in [0, 0.05) is 28.1 Å². The zero-order chi connectivity index (χ0) is 23.2. The number of alkyl halides is 1. The Labute approximate surface area is 209 Å². The molecule has 0 amide bonds. The van der Waals surface area contributed by atoms with Crippen LogP contribution < -0.4 is 14.2 Å². The lowest BCUT2D eigenvalue weighted by atomic mass is 10.0. The molecule has 33 heavy (non-hydrogen) atoms. The number of fused-ring (bicyclic) bond motifs is 1. The topological polar surface area (TPSA) is 80.1 Å². The first-order valence-corrected chi connectivity index (χ1v) is 12.8. The molecule has 0 saturated heterocycles. The van der Waals surface area contributed by atoms with Gasteiger partial charge in [0.2, 0.25) is 5.95 Å². The number of benzene rings is 2. The lowest BCUT2D eigenvalue weighted by molar-refractivity contribution is 0.302. The highest BCUT2D eigenvalue weighted by atomic mass is 35.5. The minimum atomic E-state index is 0.282. The third-order valence-corrected chi connectivity index (χ3v) is 6.41. The van der Waals surface area contributed by atoms with Crippen LogP contribution in [0.3, 0.4) is 0 Å². The monoisotopic (exact) mass is 516 g/mol. The van der Waals surface area contributed by atoms with Gasteiger partial charge in [-0.1, -0.05) is 23.5 Å². The highest BCUT2D eigenvalue weighted by Crippen LogP contribution is 2.40. The number of rotatable bonds is 9. The van der Waals surface area contributed by atoms with E-state index in [2.05, 4.69) is 20.8 Å². The van der Waals surface area contributed by atoms with Gasteiger partial charge in [-0.05, 0) is 47.3 Å². The molecular formula is C23H18Cl2N4O2S2. The fourth-order valence-corrected chi connectivity index (χ4v) is 4.84. The normalized spacial score (nSPS) is 10.7. The number of ether oxygens (including phenoxy) is 2. The van der Waals surface area contributed by atoms with Crippen LogP contribution in [0.5, 0.6) is 11.5 Å². The minimum absolute atomic E-state index is 0.282. The Kier molecular flexibility index (Phi) is 7.78. The van der Waals surface area contributed by atoms with Crippen molar-refractivity contribution in [2.45, 2.75) is 6.61 Å². The summed E-state index contributed by atoms with van der Waals surface area (Å²) in [5.41, 5.74) is 3.00. The Morgan fingerprint density at radius 3 is 2.88 bits per heavy atom. The second kappa shape index (κ2) is 10.9. The van der Waals surface area contributed by atoms with E-state index >= 15 is 0 Å². The lowest BCUT2D eigenvalue weighted by Crippen LogP contribution is -2.01. The largest absolute Gasteiger partial charge is 0.489 e.